The maximum atomic E-state index is 12.2. The lowest BCUT2D eigenvalue weighted by molar-refractivity contribution is -0.274. The van der Waals surface area contributed by atoms with Crippen LogP contribution in [0.5, 0.6) is 17.2 Å². The third-order valence-electron chi connectivity index (χ3n) is 2.11. The first-order valence-corrected chi connectivity index (χ1v) is 5.60. The SMILES string of the molecule is FC(F)(F)Oc1cc(Oc2ccccc2)ccc1Cl. The average molecular weight is 289 g/mol. The molecule has 100 valence electrons. The Bertz CT molecular complexity index is 556. The summed E-state index contributed by atoms with van der Waals surface area (Å²) in [6, 6.07) is 12.5. The van der Waals surface area contributed by atoms with Crippen LogP contribution < -0.4 is 9.47 Å². The van der Waals surface area contributed by atoms with Gasteiger partial charge in [-0.3, -0.25) is 0 Å². The van der Waals surface area contributed by atoms with Crippen molar-refractivity contribution in [2.24, 2.45) is 0 Å². The molecule has 2 aromatic rings. The molecule has 0 saturated carbocycles. The van der Waals surface area contributed by atoms with Gasteiger partial charge >= 0.3 is 6.36 Å². The zero-order valence-corrected chi connectivity index (χ0v) is 10.2. The Balaban J connectivity index is 2.21. The minimum atomic E-state index is -4.80. The monoisotopic (exact) mass is 288 g/mol. The van der Waals surface area contributed by atoms with Crippen LogP contribution in [0, 0.1) is 0 Å². The molecular formula is C13H8ClF3O2. The smallest absolute Gasteiger partial charge is 0.457 e. The number of ether oxygens (including phenoxy) is 2. The molecule has 0 unspecified atom stereocenters. The standard InChI is InChI=1S/C13H8ClF3O2/c14-11-7-6-10(8-12(11)19-13(15,16)17)18-9-4-2-1-3-5-9/h1-8H. The highest BCUT2D eigenvalue weighted by atomic mass is 35.5. The Morgan fingerprint density at radius 3 is 2.21 bits per heavy atom. The number of hydrogen-bond donors (Lipinski definition) is 0. The number of hydrogen-bond acceptors (Lipinski definition) is 2. The van der Waals surface area contributed by atoms with E-state index in [9.17, 15) is 13.2 Å². The van der Waals surface area contributed by atoms with Crippen molar-refractivity contribution in [3.8, 4) is 17.2 Å². The van der Waals surface area contributed by atoms with Gasteiger partial charge in [-0.15, -0.1) is 13.2 Å². The summed E-state index contributed by atoms with van der Waals surface area (Å²) in [6.07, 6.45) is -4.80. The van der Waals surface area contributed by atoms with E-state index in [2.05, 4.69) is 4.74 Å². The first-order chi connectivity index (χ1) is 8.94. The van der Waals surface area contributed by atoms with Gasteiger partial charge in [0.25, 0.3) is 0 Å². The number of halogens is 4. The molecule has 0 aromatic heterocycles. The van der Waals surface area contributed by atoms with Crippen LogP contribution >= 0.6 is 11.6 Å². The van der Waals surface area contributed by atoms with E-state index < -0.39 is 12.1 Å². The summed E-state index contributed by atoms with van der Waals surface area (Å²) in [5.74, 6) is 0.209. The van der Waals surface area contributed by atoms with Gasteiger partial charge in [0.05, 0.1) is 5.02 Å². The Hall–Kier alpha value is -1.88. The summed E-state index contributed by atoms with van der Waals surface area (Å²) in [5, 5.41) is -0.141. The van der Waals surface area contributed by atoms with Crippen LogP contribution in [-0.4, -0.2) is 6.36 Å². The van der Waals surface area contributed by atoms with Crippen molar-refractivity contribution in [1.29, 1.82) is 0 Å². The number of para-hydroxylation sites is 1. The zero-order chi connectivity index (χ0) is 13.9. The molecule has 0 heterocycles. The molecule has 0 aliphatic heterocycles. The van der Waals surface area contributed by atoms with Gasteiger partial charge in [-0.2, -0.15) is 0 Å². The van der Waals surface area contributed by atoms with Crippen molar-refractivity contribution < 1.29 is 22.6 Å². The second-order valence-electron chi connectivity index (χ2n) is 3.56. The van der Waals surface area contributed by atoms with Crippen LogP contribution in [0.3, 0.4) is 0 Å². The van der Waals surface area contributed by atoms with Crippen molar-refractivity contribution in [2.45, 2.75) is 6.36 Å². The summed E-state index contributed by atoms with van der Waals surface area (Å²) in [7, 11) is 0. The second-order valence-corrected chi connectivity index (χ2v) is 3.96. The molecule has 0 bridgehead atoms. The van der Waals surface area contributed by atoms with Gasteiger partial charge in [0.2, 0.25) is 0 Å². The van der Waals surface area contributed by atoms with Gasteiger partial charge in [-0.25, -0.2) is 0 Å². The van der Waals surface area contributed by atoms with E-state index in [0.29, 0.717) is 5.75 Å². The van der Waals surface area contributed by atoms with Crippen molar-refractivity contribution in [3.05, 3.63) is 53.6 Å². The largest absolute Gasteiger partial charge is 0.573 e. The summed E-state index contributed by atoms with van der Waals surface area (Å²) in [6.45, 7) is 0. The highest BCUT2D eigenvalue weighted by Gasteiger charge is 2.32. The van der Waals surface area contributed by atoms with Gasteiger partial charge in [0.15, 0.2) is 5.75 Å². The van der Waals surface area contributed by atoms with Crippen LogP contribution in [0.2, 0.25) is 5.02 Å². The molecule has 0 aliphatic rings. The lowest BCUT2D eigenvalue weighted by atomic mass is 10.3. The maximum Gasteiger partial charge on any atom is 0.573 e. The molecule has 0 spiro atoms. The molecular weight excluding hydrogens is 281 g/mol. The van der Waals surface area contributed by atoms with Crippen LogP contribution in [0.25, 0.3) is 0 Å². The van der Waals surface area contributed by atoms with Crippen molar-refractivity contribution in [3.63, 3.8) is 0 Å². The first-order valence-electron chi connectivity index (χ1n) is 5.22. The molecule has 0 amide bonds. The van der Waals surface area contributed by atoms with Gasteiger partial charge < -0.3 is 9.47 Å². The highest BCUT2D eigenvalue weighted by Crippen LogP contribution is 2.34. The predicted octanol–water partition coefficient (Wildman–Crippen LogP) is 5.03. The fourth-order valence-electron chi connectivity index (χ4n) is 1.37. The molecule has 0 atom stereocenters. The average Bonchev–Trinajstić information content (AvgIpc) is 2.33. The Morgan fingerprint density at radius 2 is 1.58 bits per heavy atom. The molecule has 0 fully saturated rings. The minimum absolute atomic E-state index is 0.141. The second kappa shape index (κ2) is 5.40. The fourth-order valence-corrected chi connectivity index (χ4v) is 1.53. The molecule has 6 heteroatoms. The number of rotatable bonds is 3. The van der Waals surface area contributed by atoms with Gasteiger partial charge in [-0.05, 0) is 24.3 Å². The third kappa shape index (κ3) is 4.06. The van der Waals surface area contributed by atoms with Crippen LogP contribution in [0.4, 0.5) is 13.2 Å². The molecule has 0 aliphatic carbocycles. The third-order valence-corrected chi connectivity index (χ3v) is 2.42. The Labute approximate surface area is 112 Å². The lowest BCUT2D eigenvalue weighted by Gasteiger charge is -2.12. The summed E-state index contributed by atoms with van der Waals surface area (Å²) in [4.78, 5) is 0. The van der Waals surface area contributed by atoms with Crippen molar-refractivity contribution in [2.75, 3.05) is 0 Å². The first kappa shape index (κ1) is 13.5. The van der Waals surface area contributed by atoms with E-state index in [0.717, 1.165) is 6.07 Å². The van der Waals surface area contributed by atoms with Crippen molar-refractivity contribution >= 4 is 11.6 Å². The normalized spacial score (nSPS) is 11.2. The van der Waals surface area contributed by atoms with E-state index in [-0.39, 0.29) is 10.8 Å². The van der Waals surface area contributed by atoms with E-state index in [1.807, 2.05) is 0 Å². The van der Waals surface area contributed by atoms with Crippen LogP contribution in [-0.2, 0) is 0 Å². The van der Waals surface area contributed by atoms with Gasteiger partial charge in [0.1, 0.15) is 11.5 Å². The Kier molecular flexibility index (Phi) is 3.85. The van der Waals surface area contributed by atoms with E-state index in [4.69, 9.17) is 16.3 Å². The van der Waals surface area contributed by atoms with Gasteiger partial charge in [0, 0.05) is 6.07 Å². The summed E-state index contributed by atoms with van der Waals surface area (Å²) >= 11 is 5.62. The predicted molar refractivity (Wildman–Crippen MR) is 64.7 cm³/mol. The quantitative estimate of drug-likeness (QED) is 0.788. The van der Waals surface area contributed by atoms with E-state index in [1.165, 1.54) is 12.1 Å². The molecule has 2 aromatic carbocycles. The highest BCUT2D eigenvalue weighted by molar-refractivity contribution is 6.32. The molecule has 0 N–H and O–H groups in total. The molecule has 19 heavy (non-hydrogen) atoms. The fraction of sp³-hybridized carbons (Fsp3) is 0.0769. The number of alkyl halides is 3. The summed E-state index contributed by atoms with van der Waals surface area (Å²) in [5.41, 5.74) is 0. The number of benzene rings is 2. The summed E-state index contributed by atoms with van der Waals surface area (Å²) < 4.78 is 45.7. The van der Waals surface area contributed by atoms with E-state index in [1.54, 1.807) is 30.3 Å². The molecule has 0 radical (unpaired) electrons. The molecule has 2 rings (SSSR count). The maximum absolute atomic E-state index is 12.2. The molecule has 0 saturated heterocycles. The van der Waals surface area contributed by atoms with E-state index >= 15 is 0 Å². The van der Waals surface area contributed by atoms with Crippen LogP contribution in [0.15, 0.2) is 48.5 Å². The minimum Gasteiger partial charge on any atom is -0.457 e. The zero-order valence-electron chi connectivity index (χ0n) is 9.45. The van der Waals surface area contributed by atoms with Crippen LogP contribution in [0.1, 0.15) is 0 Å². The Morgan fingerprint density at radius 1 is 0.895 bits per heavy atom. The van der Waals surface area contributed by atoms with Crippen molar-refractivity contribution in [1.82, 2.24) is 0 Å². The topological polar surface area (TPSA) is 18.5 Å². The lowest BCUT2D eigenvalue weighted by Crippen LogP contribution is -2.17. The van der Waals surface area contributed by atoms with Gasteiger partial charge in [-0.1, -0.05) is 29.8 Å². The molecule has 2 nitrogen and oxygen atoms in total.